The van der Waals surface area contributed by atoms with Crippen LogP contribution in [-0.2, 0) is 0 Å². The van der Waals surface area contributed by atoms with Gasteiger partial charge in [-0.1, -0.05) is 57.6 Å². The normalized spacial score (nSPS) is 11.3. The van der Waals surface area contributed by atoms with Gasteiger partial charge in [0, 0.05) is 22.9 Å². The van der Waals surface area contributed by atoms with Gasteiger partial charge in [-0.3, -0.25) is 9.69 Å². The van der Waals surface area contributed by atoms with E-state index in [4.69, 9.17) is 4.42 Å². The molecule has 1 amide bonds. The zero-order valence-electron chi connectivity index (χ0n) is 18.4. The number of carbonyl (C=O) groups is 1. The highest BCUT2D eigenvalue weighted by Gasteiger charge is 2.25. The number of hydrogen-bond acceptors (Lipinski definition) is 6. The van der Waals surface area contributed by atoms with Crippen LogP contribution in [0.5, 0.6) is 0 Å². The van der Waals surface area contributed by atoms with Crippen molar-refractivity contribution in [3.8, 4) is 0 Å². The lowest BCUT2D eigenvalue weighted by molar-refractivity contribution is 0.0982. The third-order valence-electron chi connectivity index (χ3n) is 5.46. The van der Waals surface area contributed by atoms with Crippen LogP contribution in [0.25, 0.3) is 32.0 Å². The van der Waals surface area contributed by atoms with E-state index in [0.717, 1.165) is 30.8 Å². The molecule has 0 atom stereocenters. The number of carbonyl (C=O) groups excluding carboxylic acids is 1. The first-order valence-corrected chi connectivity index (χ1v) is 12.0. The van der Waals surface area contributed by atoms with Crippen LogP contribution in [0.1, 0.15) is 10.4 Å². The highest BCUT2D eigenvalue weighted by molar-refractivity contribution is 9.10. The van der Waals surface area contributed by atoms with Gasteiger partial charge in [-0.2, -0.15) is 0 Å². The fraction of sp³-hybridized carbons (Fsp3) is 0.160. The van der Waals surface area contributed by atoms with Gasteiger partial charge in [-0.25, -0.2) is 9.78 Å². The quantitative estimate of drug-likeness (QED) is 0.197. The maximum absolute atomic E-state index is 13.7. The topological polar surface area (TPSA) is 66.7 Å². The summed E-state index contributed by atoms with van der Waals surface area (Å²) in [7, 11) is 3.88. The summed E-state index contributed by atoms with van der Waals surface area (Å²) in [6.45, 7) is 1.01. The zero-order chi connectivity index (χ0) is 23.1. The third-order valence-corrected chi connectivity index (χ3v) is 6.99. The largest absolute Gasteiger partial charge is 0.422 e. The first kappa shape index (κ1) is 24.3. The minimum atomic E-state index is -0.651. The maximum atomic E-state index is 13.7. The predicted octanol–water partition coefficient (Wildman–Crippen LogP) is 5.95. The molecule has 0 spiro atoms. The summed E-state index contributed by atoms with van der Waals surface area (Å²) in [6, 6.07) is 19.0. The van der Waals surface area contributed by atoms with Gasteiger partial charge < -0.3 is 9.32 Å². The summed E-state index contributed by atoms with van der Waals surface area (Å²) >= 11 is 4.90. The van der Waals surface area contributed by atoms with Crippen molar-refractivity contribution in [1.29, 1.82) is 0 Å². The van der Waals surface area contributed by atoms with Crippen LogP contribution in [-0.4, -0.2) is 43.0 Å². The smallest absolute Gasteiger partial charge is 0.349 e. The van der Waals surface area contributed by atoms with E-state index in [1.54, 1.807) is 17.0 Å². The van der Waals surface area contributed by atoms with E-state index in [1.807, 2.05) is 67.5 Å². The predicted molar refractivity (Wildman–Crippen MR) is 145 cm³/mol. The Kier molecular flexibility index (Phi) is 7.04. The first-order valence-electron chi connectivity index (χ1n) is 10.4. The Labute approximate surface area is 214 Å². The molecule has 0 fully saturated rings. The van der Waals surface area contributed by atoms with Crippen molar-refractivity contribution in [2.75, 3.05) is 32.1 Å². The van der Waals surface area contributed by atoms with Crippen molar-refractivity contribution < 1.29 is 9.21 Å². The summed E-state index contributed by atoms with van der Waals surface area (Å²) < 4.78 is 7.47. The summed E-state index contributed by atoms with van der Waals surface area (Å²) in [5.41, 5.74) is 0.608. The van der Waals surface area contributed by atoms with Crippen LogP contribution in [0.3, 0.4) is 0 Å². The Morgan fingerprint density at radius 1 is 1.03 bits per heavy atom. The van der Waals surface area contributed by atoms with Gasteiger partial charge in [-0.05, 0) is 55.2 Å². The molecule has 0 N–H and O–H groups in total. The molecule has 0 unspecified atom stereocenters. The van der Waals surface area contributed by atoms with Gasteiger partial charge in [0.1, 0.15) is 11.1 Å². The van der Waals surface area contributed by atoms with E-state index >= 15 is 0 Å². The van der Waals surface area contributed by atoms with E-state index in [9.17, 15) is 9.59 Å². The molecule has 3 aromatic carbocycles. The Balaban J connectivity index is 0.00000274. The van der Waals surface area contributed by atoms with Crippen molar-refractivity contribution >= 4 is 82.7 Å². The molecule has 0 aliphatic carbocycles. The fourth-order valence-electron chi connectivity index (χ4n) is 3.75. The number of rotatable bonds is 5. The SMILES string of the molecule is CN(C)CCN(C(=O)c1cc2c(ccc3ccccc32)oc1=O)c1nc2ccc(Br)cc2s1.Cl. The van der Waals surface area contributed by atoms with Crippen molar-refractivity contribution in [2.45, 2.75) is 0 Å². The highest BCUT2D eigenvalue weighted by Crippen LogP contribution is 2.32. The second-order valence-electron chi connectivity index (χ2n) is 8.01. The minimum Gasteiger partial charge on any atom is -0.422 e. The Morgan fingerprint density at radius 2 is 1.82 bits per heavy atom. The van der Waals surface area contributed by atoms with Gasteiger partial charge in [-0.15, -0.1) is 12.4 Å². The van der Waals surface area contributed by atoms with E-state index in [2.05, 4.69) is 20.9 Å². The van der Waals surface area contributed by atoms with E-state index in [-0.39, 0.29) is 18.0 Å². The van der Waals surface area contributed by atoms with Gasteiger partial charge >= 0.3 is 5.63 Å². The van der Waals surface area contributed by atoms with Crippen molar-refractivity contribution in [1.82, 2.24) is 9.88 Å². The highest BCUT2D eigenvalue weighted by atomic mass is 79.9. The second-order valence-corrected chi connectivity index (χ2v) is 9.94. The molecule has 0 saturated heterocycles. The number of amides is 1. The van der Waals surface area contributed by atoms with Crippen LogP contribution in [0.15, 0.2) is 74.3 Å². The average molecular weight is 559 g/mol. The van der Waals surface area contributed by atoms with E-state index in [0.29, 0.717) is 23.8 Å². The van der Waals surface area contributed by atoms with Crippen molar-refractivity contribution in [2.24, 2.45) is 0 Å². The Bertz CT molecular complexity index is 1580. The molecule has 9 heteroatoms. The number of fused-ring (bicyclic) bond motifs is 4. The summed E-state index contributed by atoms with van der Waals surface area (Å²) in [6.07, 6.45) is 0. The molecular formula is C25H21BrClN3O3S. The van der Waals surface area contributed by atoms with Crippen LogP contribution in [0, 0.1) is 0 Å². The number of halogens is 2. The van der Waals surface area contributed by atoms with Crippen LogP contribution >= 0.6 is 39.7 Å². The van der Waals surface area contributed by atoms with E-state index in [1.165, 1.54) is 11.3 Å². The molecule has 6 nitrogen and oxygen atoms in total. The van der Waals surface area contributed by atoms with Gasteiger partial charge in [0.25, 0.3) is 5.91 Å². The molecule has 0 saturated carbocycles. The standard InChI is InChI=1S/C25H20BrN3O3S.ClH/c1-28(2)11-12-29(25-27-20-9-8-16(26)13-22(20)33-25)23(30)19-14-18-17-6-4-3-5-15(17)7-10-21(18)32-24(19)31;/h3-10,13-14H,11-12H2,1-2H3;1H. The van der Waals surface area contributed by atoms with Crippen molar-refractivity contribution in [3.63, 3.8) is 0 Å². The number of likely N-dealkylation sites (N-methyl/N-ethyl adjacent to an activating group) is 1. The number of nitrogens with zero attached hydrogens (tertiary/aromatic N) is 3. The lowest BCUT2D eigenvalue weighted by Gasteiger charge is -2.21. The molecular weight excluding hydrogens is 538 g/mol. The van der Waals surface area contributed by atoms with Crippen LogP contribution in [0.2, 0.25) is 0 Å². The van der Waals surface area contributed by atoms with Gasteiger partial charge in [0.05, 0.1) is 10.2 Å². The van der Waals surface area contributed by atoms with Crippen molar-refractivity contribution in [3.05, 3.63) is 81.1 Å². The molecule has 0 bridgehead atoms. The molecule has 0 aliphatic heterocycles. The number of hydrogen-bond donors (Lipinski definition) is 0. The second kappa shape index (κ2) is 9.84. The lowest BCUT2D eigenvalue weighted by Crippen LogP contribution is -2.38. The molecule has 2 aromatic heterocycles. The molecule has 0 radical (unpaired) electrons. The minimum absolute atomic E-state index is 0. The fourth-order valence-corrected chi connectivity index (χ4v) is 5.29. The maximum Gasteiger partial charge on any atom is 0.349 e. The average Bonchev–Trinajstić information content (AvgIpc) is 3.21. The molecule has 2 heterocycles. The summed E-state index contributed by atoms with van der Waals surface area (Å²) in [5, 5.41) is 3.22. The van der Waals surface area contributed by atoms with Crippen LogP contribution in [0.4, 0.5) is 5.13 Å². The Morgan fingerprint density at radius 3 is 2.62 bits per heavy atom. The molecule has 5 rings (SSSR count). The molecule has 0 aliphatic rings. The number of thiazole rings is 1. The molecule has 5 aromatic rings. The van der Waals surface area contributed by atoms with E-state index < -0.39 is 11.5 Å². The van der Waals surface area contributed by atoms with Crippen LogP contribution < -0.4 is 10.5 Å². The summed E-state index contributed by atoms with van der Waals surface area (Å²) in [4.78, 5) is 34.8. The lowest BCUT2D eigenvalue weighted by atomic mass is 10.0. The van der Waals surface area contributed by atoms with Gasteiger partial charge in [0.15, 0.2) is 5.13 Å². The molecule has 34 heavy (non-hydrogen) atoms. The first-order chi connectivity index (χ1) is 15.9. The zero-order valence-corrected chi connectivity index (χ0v) is 21.7. The number of anilines is 1. The number of benzene rings is 3. The monoisotopic (exact) mass is 557 g/mol. The Hall–Kier alpha value is -2.78. The third kappa shape index (κ3) is 4.59. The van der Waals surface area contributed by atoms with Gasteiger partial charge in [0.2, 0.25) is 0 Å². The molecule has 174 valence electrons. The number of aromatic nitrogens is 1. The summed E-state index contributed by atoms with van der Waals surface area (Å²) in [5.74, 6) is -0.418.